The topological polar surface area (TPSA) is 61.9 Å². The summed E-state index contributed by atoms with van der Waals surface area (Å²) in [6.07, 6.45) is 0. The van der Waals surface area contributed by atoms with Gasteiger partial charge in [0.05, 0.1) is 18.3 Å². The molecule has 0 radical (unpaired) electrons. The number of carbonyl (C=O) groups is 2. The molecule has 0 aromatic heterocycles. The summed E-state index contributed by atoms with van der Waals surface area (Å²) in [5.41, 5.74) is 3.65. The first-order chi connectivity index (χ1) is 14.4. The summed E-state index contributed by atoms with van der Waals surface area (Å²) in [7, 11) is 0. The molecular weight excluding hydrogens is 378 g/mol. The number of benzene rings is 2. The number of piperazine rings is 1. The zero-order valence-corrected chi connectivity index (χ0v) is 17.9. The van der Waals surface area contributed by atoms with E-state index in [9.17, 15) is 9.59 Å². The maximum atomic E-state index is 13.0. The Bertz CT molecular complexity index is 956. The van der Waals surface area contributed by atoms with E-state index in [4.69, 9.17) is 4.74 Å². The highest BCUT2D eigenvalue weighted by molar-refractivity contribution is 5.95. The van der Waals surface area contributed by atoms with Crippen molar-refractivity contribution in [2.75, 3.05) is 38.1 Å². The number of ether oxygens (including phenoxy) is 1. The van der Waals surface area contributed by atoms with E-state index < -0.39 is 0 Å². The fourth-order valence-corrected chi connectivity index (χ4v) is 4.09. The van der Waals surface area contributed by atoms with E-state index in [1.165, 1.54) is 0 Å². The molecule has 0 saturated carbocycles. The smallest absolute Gasteiger partial charge is 0.253 e. The average molecular weight is 408 g/mol. The van der Waals surface area contributed by atoms with E-state index in [0.29, 0.717) is 50.0 Å². The maximum Gasteiger partial charge on any atom is 0.253 e. The third kappa shape index (κ3) is 4.33. The van der Waals surface area contributed by atoms with Crippen LogP contribution in [0.1, 0.15) is 41.3 Å². The van der Waals surface area contributed by atoms with E-state index in [1.807, 2.05) is 54.3 Å². The number of hydrogen-bond acceptors (Lipinski definition) is 4. The van der Waals surface area contributed by atoms with Crippen molar-refractivity contribution in [2.24, 2.45) is 0 Å². The van der Waals surface area contributed by atoms with Crippen LogP contribution in [0.2, 0.25) is 0 Å². The second-order valence-corrected chi connectivity index (χ2v) is 8.51. The van der Waals surface area contributed by atoms with Gasteiger partial charge in [-0.25, -0.2) is 0 Å². The molecule has 0 bridgehead atoms. The lowest BCUT2D eigenvalue weighted by Gasteiger charge is -2.40. The maximum absolute atomic E-state index is 13.0. The van der Waals surface area contributed by atoms with Crippen LogP contribution in [0.3, 0.4) is 0 Å². The van der Waals surface area contributed by atoms with E-state index in [2.05, 4.69) is 24.1 Å². The molecule has 0 aliphatic carbocycles. The predicted molar refractivity (Wildman–Crippen MR) is 117 cm³/mol. The van der Waals surface area contributed by atoms with Gasteiger partial charge in [0.15, 0.2) is 0 Å². The monoisotopic (exact) mass is 407 g/mol. The molecule has 30 heavy (non-hydrogen) atoms. The number of nitrogens with zero attached hydrogens (tertiary/aromatic N) is 2. The fraction of sp³-hybridized carbons (Fsp3) is 0.417. The van der Waals surface area contributed by atoms with Crippen LogP contribution in [0, 0.1) is 6.92 Å². The van der Waals surface area contributed by atoms with Gasteiger partial charge in [-0.3, -0.25) is 14.5 Å². The van der Waals surface area contributed by atoms with Crippen LogP contribution in [-0.2, 0) is 4.79 Å². The fourth-order valence-electron chi connectivity index (χ4n) is 4.09. The van der Waals surface area contributed by atoms with Crippen molar-refractivity contribution in [3.63, 3.8) is 0 Å². The van der Waals surface area contributed by atoms with Crippen molar-refractivity contribution in [2.45, 2.75) is 32.7 Å². The van der Waals surface area contributed by atoms with Gasteiger partial charge in [0.2, 0.25) is 5.91 Å². The minimum Gasteiger partial charge on any atom is -0.490 e. The number of amides is 2. The number of fused-ring (bicyclic) bond motifs is 2. The molecule has 2 aromatic rings. The molecule has 2 amide bonds. The molecule has 1 fully saturated rings. The minimum absolute atomic E-state index is 0.0321. The standard InChI is InChI=1S/C24H29N3O3/c1-16(2)18-7-8-22-21(12-18)25-23(28)14-26-9-10-27(13-20(26)15-30-22)24(29)19-6-4-5-17(3)11-19/h4-8,11-12,16,20H,9-10,13-15H2,1-3H3,(H,25,28)/t20-/m0/s1. The zero-order chi connectivity index (χ0) is 21.3. The summed E-state index contributed by atoms with van der Waals surface area (Å²) >= 11 is 0. The summed E-state index contributed by atoms with van der Waals surface area (Å²) in [5.74, 6) is 1.03. The lowest BCUT2D eigenvalue weighted by molar-refractivity contribution is -0.118. The number of hydrogen-bond donors (Lipinski definition) is 1. The van der Waals surface area contributed by atoms with Crippen molar-refractivity contribution < 1.29 is 14.3 Å². The Morgan fingerprint density at radius 3 is 2.77 bits per heavy atom. The van der Waals surface area contributed by atoms with Gasteiger partial charge < -0.3 is 15.0 Å². The van der Waals surface area contributed by atoms with Gasteiger partial charge in [0, 0.05) is 25.2 Å². The van der Waals surface area contributed by atoms with Crippen LogP contribution in [0.4, 0.5) is 5.69 Å². The van der Waals surface area contributed by atoms with Crippen LogP contribution < -0.4 is 10.1 Å². The first-order valence-corrected chi connectivity index (χ1v) is 10.6. The van der Waals surface area contributed by atoms with Crippen molar-refractivity contribution in [1.29, 1.82) is 0 Å². The Labute approximate surface area is 177 Å². The molecule has 158 valence electrons. The molecule has 0 unspecified atom stereocenters. The molecule has 2 heterocycles. The third-order valence-corrected chi connectivity index (χ3v) is 5.88. The highest BCUT2D eigenvalue weighted by atomic mass is 16.5. The highest BCUT2D eigenvalue weighted by Crippen LogP contribution is 2.30. The van der Waals surface area contributed by atoms with Crippen molar-refractivity contribution in [1.82, 2.24) is 9.80 Å². The molecule has 6 heteroatoms. The third-order valence-electron chi connectivity index (χ3n) is 5.88. The molecular formula is C24H29N3O3. The Morgan fingerprint density at radius 2 is 2.00 bits per heavy atom. The number of nitrogens with one attached hydrogen (secondary N) is 1. The minimum atomic E-state index is -0.0499. The van der Waals surface area contributed by atoms with E-state index >= 15 is 0 Å². The lowest BCUT2D eigenvalue weighted by atomic mass is 10.0. The molecule has 1 saturated heterocycles. The van der Waals surface area contributed by atoms with Crippen molar-refractivity contribution in [3.8, 4) is 5.75 Å². The molecule has 0 spiro atoms. The quantitative estimate of drug-likeness (QED) is 0.830. The molecule has 1 atom stereocenters. The largest absolute Gasteiger partial charge is 0.490 e. The Morgan fingerprint density at radius 1 is 1.17 bits per heavy atom. The Balaban J connectivity index is 1.53. The van der Waals surface area contributed by atoms with Crippen molar-refractivity contribution >= 4 is 17.5 Å². The van der Waals surface area contributed by atoms with Gasteiger partial charge in [0.1, 0.15) is 12.4 Å². The SMILES string of the molecule is Cc1cccc(C(=O)N2CCN3CC(=O)Nc4cc(C(C)C)ccc4OC[C@@H]3C2)c1. The summed E-state index contributed by atoms with van der Waals surface area (Å²) in [6.45, 7) is 8.75. The average Bonchev–Trinajstić information content (AvgIpc) is 2.79. The number of anilines is 1. The predicted octanol–water partition coefficient (Wildman–Crippen LogP) is 3.28. The summed E-state index contributed by atoms with van der Waals surface area (Å²) in [4.78, 5) is 29.7. The summed E-state index contributed by atoms with van der Waals surface area (Å²) in [6, 6.07) is 13.6. The summed E-state index contributed by atoms with van der Waals surface area (Å²) in [5, 5.41) is 3.01. The number of rotatable bonds is 2. The normalized spacial score (nSPS) is 19.7. The first-order valence-electron chi connectivity index (χ1n) is 10.6. The second kappa shape index (κ2) is 8.48. The van der Waals surface area contributed by atoms with Gasteiger partial charge in [-0.1, -0.05) is 37.6 Å². The Hall–Kier alpha value is -2.86. The second-order valence-electron chi connectivity index (χ2n) is 8.51. The molecule has 1 N–H and O–H groups in total. The molecule has 6 nitrogen and oxygen atoms in total. The van der Waals surface area contributed by atoms with E-state index in [-0.39, 0.29) is 17.9 Å². The lowest BCUT2D eigenvalue weighted by Crippen LogP contribution is -2.57. The van der Waals surface area contributed by atoms with Crippen molar-refractivity contribution in [3.05, 3.63) is 59.2 Å². The van der Waals surface area contributed by atoms with E-state index in [1.54, 1.807) is 0 Å². The van der Waals surface area contributed by atoms with Gasteiger partial charge in [-0.05, 0) is 42.7 Å². The van der Waals surface area contributed by atoms with Gasteiger partial charge >= 0.3 is 0 Å². The van der Waals surface area contributed by atoms with Gasteiger partial charge in [-0.2, -0.15) is 0 Å². The number of carbonyl (C=O) groups excluding carboxylic acids is 2. The zero-order valence-electron chi connectivity index (χ0n) is 17.9. The van der Waals surface area contributed by atoms with Crippen LogP contribution in [0.5, 0.6) is 5.75 Å². The van der Waals surface area contributed by atoms with Crippen LogP contribution in [-0.4, -0.2) is 60.4 Å². The first kappa shape index (κ1) is 20.4. The molecule has 2 aromatic carbocycles. The van der Waals surface area contributed by atoms with Crippen LogP contribution >= 0.6 is 0 Å². The molecule has 2 aliphatic heterocycles. The molecule has 4 rings (SSSR count). The highest BCUT2D eigenvalue weighted by Gasteiger charge is 2.33. The van der Waals surface area contributed by atoms with E-state index in [0.717, 1.165) is 16.8 Å². The molecule has 2 aliphatic rings. The van der Waals surface area contributed by atoms with Gasteiger partial charge in [-0.15, -0.1) is 0 Å². The van der Waals surface area contributed by atoms with Crippen LogP contribution in [0.15, 0.2) is 42.5 Å². The van der Waals surface area contributed by atoms with Gasteiger partial charge in [0.25, 0.3) is 5.91 Å². The summed E-state index contributed by atoms with van der Waals surface area (Å²) < 4.78 is 6.12. The van der Waals surface area contributed by atoms with Crippen LogP contribution in [0.25, 0.3) is 0 Å². The Kier molecular flexibility index (Phi) is 5.77. The number of aryl methyl sites for hydroxylation is 1.